The molecule has 7 heteroatoms. The van der Waals surface area contributed by atoms with Gasteiger partial charge in [-0.25, -0.2) is 9.97 Å². The molecule has 0 amide bonds. The average Bonchev–Trinajstić information content (AvgIpc) is 3.17. The first-order valence-corrected chi connectivity index (χ1v) is 11.0. The first kappa shape index (κ1) is 19.3. The molecule has 0 atom stereocenters. The molecule has 0 aliphatic carbocycles. The van der Waals surface area contributed by atoms with Gasteiger partial charge in [-0.1, -0.05) is 55.6 Å². The van der Waals surface area contributed by atoms with Gasteiger partial charge in [0.05, 0.1) is 16.8 Å². The molecule has 0 spiro atoms. The van der Waals surface area contributed by atoms with Crippen molar-refractivity contribution in [1.82, 2.24) is 9.97 Å². The lowest BCUT2D eigenvalue weighted by molar-refractivity contribution is 1.36. The van der Waals surface area contributed by atoms with Crippen LogP contribution in [0.15, 0.2) is 62.9 Å². The minimum Gasteiger partial charge on any atom is -0.235 e. The summed E-state index contributed by atoms with van der Waals surface area (Å²) in [5.41, 5.74) is 3.77. The number of hydrogen-bond acceptors (Lipinski definition) is 4. The summed E-state index contributed by atoms with van der Waals surface area (Å²) in [6.07, 6.45) is 1.74. The predicted octanol–water partition coefficient (Wildman–Crippen LogP) is 7.60. The number of aromatic nitrogens is 2. The summed E-state index contributed by atoms with van der Waals surface area (Å²) in [6.45, 7) is 0. The van der Waals surface area contributed by atoms with E-state index in [2.05, 4.69) is 47.9 Å². The number of thiazole rings is 1. The average molecular weight is 532 g/mol. The molecule has 4 rings (SSSR count). The third kappa shape index (κ3) is 4.03. The molecule has 3 nitrogen and oxygen atoms in total. The van der Waals surface area contributed by atoms with Crippen molar-refractivity contribution in [1.29, 1.82) is 5.26 Å². The summed E-state index contributed by atoms with van der Waals surface area (Å²) in [4.78, 5) is 9.05. The molecule has 0 N–H and O–H groups in total. The Kier molecular flexibility index (Phi) is 5.61. The standard InChI is InChI=1S/C21H10Br2ClN3S/c22-16-3-1-12(2-4-16)19-11-28-21(27-19)15(10-25)8-14-7-13-9-17(23)5-6-18(13)26-20(14)24/h1-9,11H. The Labute approximate surface area is 187 Å². The number of allylic oxidation sites excluding steroid dienone is 1. The van der Waals surface area contributed by atoms with Crippen LogP contribution in [0.1, 0.15) is 10.6 Å². The fourth-order valence-corrected chi connectivity index (χ4v) is 4.33. The van der Waals surface area contributed by atoms with E-state index in [1.165, 1.54) is 11.3 Å². The molecule has 2 aromatic heterocycles. The van der Waals surface area contributed by atoms with Crippen molar-refractivity contribution in [3.8, 4) is 17.3 Å². The third-order valence-electron chi connectivity index (χ3n) is 4.05. The van der Waals surface area contributed by atoms with Crippen molar-refractivity contribution in [2.24, 2.45) is 0 Å². The Morgan fingerprint density at radius 2 is 1.79 bits per heavy atom. The summed E-state index contributed by atoms with van der Waals surface area (Å²) in [5.74, 6) is 0. The maximum atomic E-state index is 9.68. The second kappa shape index (κ2) is 8.14. The summed E-state index contributed by atoms with van der Waals surface area (Å²) in [6, 6.07) is 17.9. The Morgan fingerprint density at radius 3 is 2.54 bits per heavy atom. The van der Waals surface area contributed by atoms with Crippen LogP contribution in [0.4, 0.5) is 0 Å². The van der Waals surface area contributed by atoms with E-state index in [0.717, 1.165) is 31.1 Å². The van der Waals surface area contributed by atoms with Crippen LogP contribution in [0.5, 0.6) is 0 Å². The molecule has 136 valence electrons. The maximum Gasteiger partial charge on any atom is 0.137 e. The zero-order valence-electron chi connectivity index (χ0n) is 14.2. The molecule has 0 saturated carbocycles. The van der Waals surface area contributed by atoms with Crippen LogP contribution in [0.2, 0.25) is 5.15 Å². The summed E-state index contributed by atoms with van der Waals surface area (Å²) < 4.78 is 1.97. The molecule has 2 aromatic carbocycles. The zero-order chi connectivity index (χ0) is 19.7. The number of pyridine rings is 1. The van der Waals surface area contributed by atoms with E-state index in [4.69, 9.17) is 11.6 Å². The van der Waals surface area contributed by atoms with Crippen molar-refractivity contribution in [2.75, 3.05) is 0 Å². The van der Waals surface area contributed by atoms with Crippen LogP contribution in [0.25, 0.3) is 33.8 Å². The number of benzene rings is 2. The second-order valence-electron chi connectivity index (χ2n) is 5.92. The van der Waals surface area contributed by atoms with Gasteiger partial charge in [-0.05, 0) is 42.5 Å². The monoisotopic (exact) mass is 529 g/mol. The van der Waals surface area contributed by atoms with E-state index in [9.17, 15) is 5.26 Å². The highest BCUT2D eigenvalue weighted by molar-refractivity contribution is 9.10. The number of nitriles is 1. The first-order chi connectivity index (χ1) is 13.5. The molecule has 0 aliphatic rings. The van der Waals surface area contributed by atoms with Crippen LogP contribution in [0.3, 0.4) is 0 Å². The van der Waals surface area contributed by atoms with Crippen molar-refractivity contribution in [3.63, 3.8) is 0 Å². The molecule has 0 unspecified atom stereocenters. The highest BCUT2D eigenvalue weighted by Gasteiger charge is 2.11. The van der Waals surface area contributed by atoms with Gasteiger partial charge >= 0.3 is 0 Å². The molecular formula is C21H10Br2ClN3S. The first-order valence-electron chi connectivity index (χ1n) is 8.13. The maximum absolute atomic E-state index is 9.68. The highest BCUT2D eigenvalue weighted by atomic mass is 79.9. The van der Waals surface area contributed by atoms with Crippen LogP contribution in [-0.2, 0) is 0 Å². The molecule has 2 heterocycles. The molecule has 4 aromatic rings. The van der Waals surface area contributed by atoms with Gasteiger partial charge in [-0.15, -0.1) is 11.3 Å². The quantitative estimate of drug-likeness (QED) is 0.202. The zero-order valence-corrected chi connectivity index (χ0v) is 18.9. The van der Waals surface area contributed by atoms with Crippen molar-refractivity contribution >= 4 is 77.3 Å². The lowest BCUT2D eigenvalue weighted by atomic mass is 10.1. The van der Waals surface area contributed by atoms with E-state index in [0.29, 0.717) is 21.3 Å². The van der Waals surface area contributed by atoms with Gasteiger partial charge in [0.2, 0.25) is 0 Å². The number of halogens is 3. The minimum absolute atomic E-state index is 0.354. The molecule has 0 bridgehead atoms. The van der Waals surface area contributed by atoms with E-state index >= 15 is 0 Å². The van der Waals surface area contributed by atoms with Crippen molar-refractivity contribution in [3.05, 3.63) is 78.6 Å². The summed E-state index contributed by atoms with van der Waals surface area (Å²) in [5, 5.41) is 13.6. The lowest BCUT2D eigenvalue weighted by Crippen LogP contribution is -1.87. The smallest absolute Gasteiger partial charge is 0.137 e. The van der Waals surface area contributed by atoms with Crippen LogP contribution in [0, 0.1) is 11.3 Å². The lowest BCUT2D eigenvalue weighted by Gasteiger charge is -2.03. The van der Waals surface area contributed by atoms with Gasteiger partial charge in [0.1, 0.15) is 16.2 Å². The van der Waals surface area contributed by atoms with E-state index < -0.39 is 0 Å². The highest BCUT2D eigenvalue weighted by Crippen LogP contribution is 2.30. The Hall–Kier alpha value is -2.04. The molecule has 0 radical (unpaired) electrons. The van der Waals surface area contributed by atoms with Gasteiger partial charge in [-0.2, -0.15) is 5.26 Å². The van der Waals surface area contributed by atoms with Gasteiger partial charge in [-0.3, -0.25) is 0 Å². The van der Waals surface area contributed by atoms with Gasteiger partial charge < -0.3 is 0 Å². The van der Waals surface area contributed by atoms with E-state index in [-0.39, 0.29) is 0 Å². The summed E-state index contributed by atoms with van der Waals surface area (Å²) in [7, 11) is 0. The van der Waals surface area contributed by atoms with Crippen LogP contribution in [-0.4, -0.2) is 9.97 Å². The van der Waals surface area contributed by atoms with Gasteiger partial charge in [0, 0.05) is 30.8 Å². The third-order valence-corrected chi connectivity index (χ3v) is 6.25. The molecular weight excluding hydrogens is 522 g/mol. The minimum atomic E-state index is 0.354. The SMILES string of the molecule is N#CC(=Cc1cc2cc(Br)ccc2nc1Cl)c1nc(-c2ccc(Br)cc2)cs1. The van der Waals surface area contributed by atoms with Crippen LogP contribution < -0.4 is 0 Å². The van der Waals surface area contributed by atoms with Crippen molar-refractivity contribution < 1.29 is 0 Å². The Balaban J connectivity index is 1.74. The Morgan fingerprint density at radius 1 is 1.04 bits per heavy atom. The van der Waals surface area contributed by atoms with E-state index in [1.807, 2.05) is 53.9 Å². The van der Waals surface area contributed by atoms with E-state index in [1.54, 1.807) is 6.08 Å². The fourth-order valence-electron chi connectivity index (χ4n) is 2.69. The molecule has 0 aliphatic heterocycles. The normalized spacial score (nSPS) is 11.6. The van der Waals surface area contributed by atoms with Crippen LogP contribution >= 0.6 is 54.8 Å². The van der Waals surface area contributed by atoms with Gasteiger partial charge in [0.15, 0.2) is 0 Å². The molecule has 0 saturated heterocycles. The fraction of sp³-hybridized carbons (Fsp3) is 0. The molecule has 0 fully saturated rings. The largest absolute Gasteiger partial charge is 0.235 e. The number of nitrogens with zero attached hydrogens (tertiary/aromatic N) is 3. The van der Waals surface area contributed by atoms with Crippen molar-refractivity contribution in [2.45, 2.75) is 0 Å². The number of fused-ring (bicyclic) bond motifs is 1. The Bertz CT molecular complexity index is 1260. The predicted molar refractivity (Wildman–Crippen MR) is 123 cm³/mol. The second-order valence-corrected chi connectivity index (χ2v) is 8.97. The summed E-state index contributed by atoms with van der Waals surface area (Å²) >= 11 is 14.7. The van der Waals surface area contributed by atoms with Gasteiger partial charge in [0.25, 0.3) is 0 Å². The molecule has 28 heavy (non-hydrogen) atoms. The number of rotatable bonds is 3. The number of hydrogen-bond donors (Lipinski definition) is 0. The topological polar surface area (TPSA) is 49.6 Å².